The van der Waals surface area contributed by atoms with Crippen molar-refractivity contribution in [2.45, 2.75) is 25.7 Å². The molecule has 1 fully saturated rings. The number of nitrogens with one attached hydrogen (secondary N) is 1. The molecule has 11 heavy (non-hydrogen) atoms. The molecule has 0 aromatic carbocycles. The van der Waals surface area contributed by atoms with Gasteiger partial charge in [0.25, 0.3) is 0 Å². The van der Waals surface area contributed by atoms with E-state index >= 15 is 0 Å². The summed E-state index contributed by atoms with van der Waals surface area (Å²) in [6, 6.07) is 0.0162. The molecule has 1 aliphatic heterocycles. The van der Waals surface area contributed by atoms with Crippen molar-refractivity contribution in [1.82, 2.24) is 5.32 Å². The van der Waals surface area contributed by atoms with Gasteiger partial charge in [0.2, 0.25) is 6.29 Å². The van der Waals surface area contributed by atoms with Gasteiger partial charge < -0.3 is 14.8 Å². The Labute approximate surface area is 65.9 Å². The molecule has 0 aliphatic carbocycles. The van der Waals surface area contributed by atoms with E-state index < -0.39 is 6.29 Å². The highest BCUT2D eigenvalue weighted by Crippen LogP contribution is 2.15. The fourth-order valence-corrected chi connectivity index (χ4v) is 1.09. The topological polar surface area (TPSA) is 47.6 Å². The number of ether oxygens (including phenoxy) is 2. The van der Waals surface area contributed by atoms with Crippen LogP contribution in [0.25, 0.3) is 0 Å². The lowest BCUT2D eigenvalue weighted by atomic mass is 10.2. The van der Waals surface area contributed by atoms with Gasteiger partial charge in [-0.2, -0.15) is 0 Å². The summed E-state index contributed by atoms with van der Waals surface area (Å²) in [5, 5.41) is 2.96. The van der Waals surface area contributed by atoms with Crippen LogP contribution < -0.4 is 5.32 Å². The Bertz CT molecular complexity index is 149. The lowest BCUT2D eigenvalue weighted by Gasteiger charge is -2.15. The first-order valence-electron chi connectivity index (χ1n) is 3.76. The number of hydrogen-bond donors (Lipinski definition) is 1. The van der Waals surface area contributed by atoms with Crippen LogP contribution in [0.4, 0.5) is 0 Å². The van der Waals surface area contributed by atoms with Crippen molar-refractivity contribution in [1.29, 1.82) is 0 Å². The van der Waals surface area contributed by atoms with Crippen LogP contribution in [0.2, 0.25) is 0 Å². The Balaban J connectivity index is 2.43. The summed E-state index contributed by atoms with van der Waals surface area (Å²) >= 11 is 0. The molecule has 0 aromatic rings. The second-order valence-corrected chi connectivity index (χ2v) is 2.41. The van der Waals surface area contributed by atoms with Crippen LogP contribution in [0.3, 0.4) is 0 Å². The largest absolute Gasteiger partial charge is 0.434 e. The van der Waals surface area contributed by atoms with Gasteiger partial charge in [-0.15, -0.1) is 0 Å². The number of carbonyl (C=O) groups excluding carboxylic acids is 1. The third kappa shape index (κ3) is 1.91. The predicted molar refractivity (Wildman–Crippen MR) is 39.0 cm³/mol. The average Bonchev–Trinajstić information content (AvgIpc) is 2.32. The lowest BCUT2D eigenvalue weighted by molar-refractivity contribution is -0.163. The zero-order valence-corrected chi connectivity index (χ0v) is 6.79. The van der Waals surface area contributed by atoms with E-state index in [0.717, 1.165) is 0 Å². The van der Waals surface area contributed by atoms with E-state index in [1.54, 1.807) is 7.05 Å². The number of carbonyl (C=O) groups is 1. The Morgan fingerprint density at radius 2 is 2.55 bits per heavy atom. The average molecular weight is 159 g/mol. The van der Waals surface area contributed by atoms with Crippen molar-refractivity contribution in [2.24, 2.45) is 0 Å². The molecule has 2 atom stereocenters. The van der Waals surface area contributed by atoms with Gasteiger partial charge in [0, 0.05) is 6.61 Å². The van der Waals surface area contributed by atoms with Crippen LogP contribution in [-0.4, -0.2) is 32.0 Å². The number of esters is 1. The Morgan fingerprint density at radius 1 is 1.82 bits per heavy atom. The summed E-state index contributed by atoms with van der Waals surface area (Å²) in [5.74, 6) is -0.192. The van der Waals surface area contributed by atoms with Crippen molar-refractivity contribution in [2.75, 3.05) is 13.7 Å². The van der Waals surface area contributed by atoms with E-state index in [9.17, 15) is 4.79 Å². The van der Waals surface area contributed by atoms with Crippen molar-refractivity contribution in [3.05, 3.63) is 0 Å². The molecule has 1 rings (SSSR count). The standard InChI is InChI=1S/C7H13NO3/c1-3-10-7-5(8-2)4-6(9)11-7/h5,7-8H,3-4H2,1-2H3/t5-,7+/m0/s1. The van der Waals surface area contributed by atoms with Crippen molar-refractivity contribution < 1.29 is 14.3 Å². The van der Waals surface area contributed by atoms with Crippen molar-refractivity contribution in [3.63, 3.8) is 0 Å². The van der Waals surface area contributed by atoms with Crippen LogP contribution >= 0.6 is 0 Å². The molecule has 64 valence electrons. The fraction of sp³-hybridized carbons (Fsp3) is 0.857. The maximum Gasteiger partial charge on any atom is 0.309 e. The molecule has 4 heteroatoms. The van der Waals surface area contributed by atoms with E-state index in [2.05, 4.69) is 5.32 Å². The SMILES string of the molecule is CCO[C@@H]1OC(=O)C[C@@H]1NC. The minimum atomic E-state index is -0.391. The number of rotatable bonds is 3. The monoisotopic (exact) mass is 159 g/mol. The molecule has 1 N–H and O–H groups in total. The highest BCUT2D eigenvalue weighted by atomic mass is 16.7. The van der Waals surface area contributed by atoms with Gasteiger partial charge in [-0.25, -0.2) is 0 Å². The molecule has 0 unspecified atom stereocenters. The Hall–Kier alpha value is -0.610. The zero-order valence-electron chi connectivity index (χ0n) is 6.79. The summed E-state index contributed by atoms with van der Waals surface area (Å²) < 4.78 is 10.1. The smallest absolute Gasteiger partial charge is 0.309 e. The van der Waals surface area contributed by atoms with Gasteiger partial charge in [0.05, 0.1) is 12.5 Å². The predicted octanol–water partition coefficient (Wildman–Crippen LogP) is -0.116. The number of hydrogen-bond acceptors (Lipinski definition) is 4. The third-order valence-electron chi connectivity index (χ3n) is 1.66. The summed E-state index contributed by atoms with van der Waals surface area (Å²) in [6.07, 6.45) is 0.0127. The molecule has 0 aromatic heterocycles. The second-order valence-electron chi connectivity index (χ2n) is 2.41. The first kappa shape index (κ1) is 8.49. The zero-order chi connectivity index (χ0) is 8.27. The molecule has 0 radical (unpaired) electrons. The van der Waals surface area contributed by atoms with Crippen LogP contribution in [0.1, 0.15) is 13.3 Å². The minimum Gasteiger partial charge on any atom is -0.434 e. The van der Waals surface area contributed by atoms with Crippen LogP contribution in [0.15, 0.2) is 0 Å². The van der Waals surface area contributed by atoms with Crippen LogP contribution in [0, 0.1) is 0 Å². The summed E-state index contributed by atoms with van der Waals surface area (Å²) in [4.78, 5) is 10.8. The van der Waals surface area contributed by atoms with Gasteiger partial charge in [0.1, 0.15) is 0 Å². The van der Waals surface area contributed by atoms with Gasteiger partial charge in [-0.05, 0) is 14.0 Å². The first-order valence-corrected chi connectivity index (χ1v) is 3.76. The molecule has 0 amide bonds. The Kier molecular flexibility index (Phi) is 2.84. The summed E-state index contributed by atoms with van der Waals surface area (Å²) in [7, 11) is 1.79. The third-order valence-corrected chi connectivity index (χ3v) is 1.66. The normalized spacial score (nSPS) is 30.5. The summed E-state index contributed by atoms with van der Waals surface area (Å²) in [5.41, 5.74) is 0. The van der Waals surface area contributed by atoms with Crippen molar-refractivity contribution >= 4 is 5.97 Å². The molecule has 1 aliphatic rings. The van der Waals surface area contributed by atoms with Gasteiger partial charge in [-0.3, -0.25) is 4.79 Å². The van der Waals surface area contributed by atoms with Crippen LogP contribution in [0.5, 0.6) is 0 Å². The summed E-state index contributed by atoms with van der Waals surface area (Å²) in [6.45, 7) is 2.44. The second kappa shape index (κ2) is 3.69. The Morgan fingerprint density at radius 3 is 3.09 bits per heavy atom. The van der Waals surface area contributed by atoms with E-state index in [0.29, 0.717) is 13.0 Å². The van der Waals surface area contributed by atoms with Gasteiger partial charge in [-0.1, -0.05) is 0 Å². The molecule has 1 heterocycles. The fourth-order valence-electron chi connectivity index (χ4n) is 1.09. The van der Waals surface area contributed by atoms with Gasteiger partial charge >= 0.3 is 5.97 Å². The molecule has 1 saturated heterocycles. The van der Waals surface area contributed by atoms with E-state index in [1.807, 2.05) is 6.92 Å². The molecular weight excluding hydrogens is 146 g/mol. The molecular formula is C7H13NO3. The maximum atomic E-state index is 10.8. The van der Waals surface area contributed by atoms with Gasteiger partial charge in [0.15, 0.2) is 0 Å². The van der Waals surface area contributed by atoms with E-state index in [4.69, 9.17) is 9.47 Å². The quantitative estimate of drug-likeness (QED) is 0.583. The van der Waals surface area contributed by atoms with E-state index in [-0.39, 0.29) is 12.0 Å². The minimum absolute atomic E-state index is 0.0162. The van der Waals surface area contributed by atoms with Crippen LogP contribution in [-0.2, 0) is 14.3 Å². The molecule has 0 bridgehead atoms. The number of cyclic esters (lactones) is 1. The first-order chi connectivity index (χ1) is 5.27. The van der Waals surface area contributed by atoms with Crippen molar-refractivity contribution in [3.8, 4) is 0 Å². The highest BCUT2D eigenvalue weighted by Gasteiger charge is 2.33. The molecule has 4 nitrogen and oxygen atoms in total. The highest BCUT2D eigenvalue weighted by molar-refractivity contribution is 5.72. The molecule has 0 saturated carbocycles. The lowest BCUT2D eigenvalue weighted by Crippen LogP contribution is -2.35. The maximum absolute atomic E-state index is 10.8. The number of likely N-dealkylation sites (N-methyl/N-ethyl adjacent to an activating group) is 1. The van der Waals surface area contributed by atoms with E-state index in [1.165, 1.54) is 0 Å². The molecule has 0 spiro atoms.